The van der Waals surface area contributed by atoms with Crippen LogP contribution in [0.1, 0.15) is 31.2 Å². The van der Waals surface area contributed by atoms with Crippen molar-refractivity contribution in [3.8, 4) is 0 Å². The molecule has 15 heavy (non-hydrogen) atoms. The zero-order valence-electron chi connectivity index (χ0n) is 9.30. The second kappa shape index (κ2) is 5.31. The summed E-state index contributed by atoms with van der Waals surface area (Å²) in [5.41, 5.74) is 1.55. The Kier molecular flexibility index (Phi) is 4.03. The first kappa shape index (κ1) is 11.4. The van der Waals surface area contributed by atoms with Gasteiger partial charge in [-0.05, 0) is 36.5 Å². The molecule has 0 aliphatic carbocycles. The van der Waals surface area contributed by atoms with Crippen molar-refractivity contribution in [3.05, 3.63) is 34.3 Å². The molecule has 0 saturated carbocycles. The van der Waals surface area contributed by atoms with Gasteiger partial charge in [-0.25, -0.2) is 0 Å². The molecule has 1 heterocycles. The maximum Gasteiger partial charge on any atom is 0.0476 e. The highest BCUT2D eigenvalue weighted by Crippen LogP contribution is 2.34. The molecule has 1 aromatic carbocycles. The highest BCUT2D eigenvalue weighted by atomic mass is 79.9. The molecule has 1 aliphatic heterocycles. The lowest BCUT2D eigenvalue weighted by Crippen LogP contribution is -2.19. The number of rotatable bonds is 2. The Bertz CT molecular complexity index is 299. The summed E-state index contributed by atoms with van der Waals surface area (Å²) < 4.78 is 1.19. The monoisotopic (exact) mass is 281 g/mol. The molecule has 0 N–H and O–H groups in total. The Morgan fingerprint density at radius 1 is 1.20 bits per heavy atom. The van der Waals surface area contributed by atoms with Crippen molar-refractivity contribution >= 4 is 24.7 Å². The molecule has 0 nitrogen and oxygen atoms in total. The minimum Gasteiger partial charge on any atom is -0.0680 e. The van der Waals surface area contributed by atoms with E-state index in [2.05, 4.69) is 47.1 Å². The van der Waals surface area contributed by atoms with E-state index in [1.807, 2.05) is 0 Å². The summed E-state index contributed by atoms with van der Waals surface area (Å²) in [6.45, 7) is 2.37. The predicted octanol–water partition coefficient (Wildman–Crippen LogP) is 4.84. The van der Waals surface area contributed by atoms with E-state index >= 15 is 0 Å². The molecule has 0 spiro atoms. The molecular formula is C13H18BrSi. The van der Waals surface area contributed by atoms with Crippen molar-refractivity contribution in [1.82, 2.24) is 0 Å². The molecule has 1 fully saturated rings. The average molecular weight is 282 g/mol. The topological polar surface area (TPSA) is 0 Å². The largest absolute Gasteiger partial charge is 0.0680 e. The lowest BCUT2D eigenvalue weighted by Gasteiger charge is -2.27. The second-order valence-corrected chi connectivity index (χ2v) is 8.55. The van der Waals surface area contributed by atoms with E-state index in [1.54, 1.807) is 5.56 Å². The van der Waals surface area contributed by atoms with Gasteiger partial charge in [0.1, 0.15) is 0 Å². The Hall–Kier alpha value is -0.0831. The van der Waals surface area contributed by atoms with Crippen LogP contribution in [-0.4, -0.2) is 8.80 Å². The molecule has 2 heteroatoms. The minimum absolute atomic E-state index is 0.0558. The first-order valence-electron chi connectivity index (χ1n) is 5.88. The van der Waals surface area contributed by atoms with Crippen molar-refractivity contribution in [1.29, 1.82) is 0 Å². The normalized spacial score (nSPS) is 19.3. The van der Waals surface area contributed by atoms with Crippen LogP contribution in [0.4, 0.5) is 0 Å². The van der Waals surface area contributed by atoms with Gasteiger partial charge in [-0.1, -0.05) is 53.1 Å². The van der Waals surface area contributed by atoms with Crippen molar-refractivity contribution in [2.24, 2.45) is 0 Å². The molecular weight excluding hydrogens is 264 g/mol. The summed E-state index contributed by atoms with van der Waals surface area (Å²) in [6, 6.07) is 13.5. The summed E-state index contributed by atoms with van der Waals surface area (Å²) in [5, 5.41) is 0. The number of benzene rings is 1. The van der Waals surface area contributed by atoms with Gasteiger partial charge in [0.2, 0.25) is 0 Å². The molecule has 81 valence electrons. The molecule has 0 atom stereocenters. The molecule has 1 radical (unpaired) electrons. The Balaban J connectivity index is 1.98. The maximum absolute atomic E-state index is 3.50. The van der Waals surface area contributed by atoms with Gasteiger partial charge in [-0.3, -0.25) is 0 Å². The predicted molar refractivity (Wildman–Crippen MR) is 72.0 cm³/mol. The minimum atomic E-state index is 0.0558. The molecule has 0 bridgehead atoms. The van der Waals surface area contributed by atoms with E-state index in [9.17, 15) is 0 Å². The van der Waals surface area contributed by atoms with Gasteiger partial charge >= 0.3 is 0 Å². The quantitative estimate of drug-likeness (QED) is 0.681. The Morgan fingerprint density at radius 3 is 2.33 bits per heavy atom. The van der Waals surface area contributed by atoms with E-state index in [0.717, 1.165) is 5.92 Å². The van der Waals surface area contributed by atoms with Crippen LogP contribution >= 0.6 is 15.9 Å². The van der Waals surface area contributed by atoms with Gasteiger partial charge in [0.25, 0.3) is 0 Å². The summed E-state index contributed by atoms with van der Waals surface area (Å²) in [7, 11) is 0.0558. The third-order valence-electron chi connectivity index (χ3n) is 3.53. The summed E-state index contributed by atoms with van der Waals surface area (Å²) in [5.74, 6) is 0.846. The highest BCUT2D eigenvalue weighted by Gasteiger charge is 2.21. The van der Waals surface area contributed by atoms with Crippen LogP contribution in [0.5, 0.6) is 0 Å². The third-order valence-corrected chi connectivity index (χ3v) is 7.05. The van der Waals surface area contributed by atoms with Crippen molar-refractivity contribution in [3.63, 3.8) is 0 Å². The molecule has 2 rings (SSSR count). The smallest absolute Gasteiger partial charge is 0.0476 e. The number of halogens is 1. The van der Waals surface area contributed by atoms with Gasteiger partial charge in [-0.15, -0.1) is 0 Å². The summed E-state index contributed by atoms with van der Waals surface area (Å²) in [4.78, 5) is 0. The fourth-order valence-electron chi connectivity index (χ4n) is 2.45. The van der Waals surface area contributed by atoms with Crippen LogP contribution in [0.3, 0.4) is 0 Å². The molecule has 0 amide bonds. The Morgan fingerprint density at radius 2 is 1.80 bits per heavy atom. The van der Waals surface area contributed by atoms with E-state index < -0.39 is 0 Å². The molecule has 1 aromatic rings. The molecule has 0 aromatic heterocycles. The van der Waals surface area contributed by atoms with Crippen molar-refractivity contribution in [2.75, 3.05) is 0 Å². The first-order valence-corrected chi connectivity index (χ1v) is 8.80. The fourth-order valence-corrected chi connectivity index (χ4v) is 5.18. The maximum atomic E-state index is 3.50. The van der Waals surface area contributed by atoms with E-state index in [0.29, 0.717) is 0 Å². The lowest BCUT2D eigenvalue weighted by atomic mass is 9.94. The summed E-state index contributed by atoms with van der Waals surface area (Å²) in [6.07, 6.45) is 2.87. The van der Waals surface area contributed by atoms with Crippen molar-refractivity contribution in [2.45, 2.75) is 43.8 Å². The fraction of sp³-hybridized carbons (Fsp3) is 0.538. The molecule has 1 saturated heterocycles. The van der Waals surface area contributed by atoms with Gasteiger partial charge in [-0.2, -0.15) is 0 Å². The zero-order valence-corrected chi connectivity index (χ0v) is 11.9. The van der Waals surface area contributed by atoms with E-state index in [1.165, 1.54) is 35.4 Å². The Labute approximate surface area is 103 Å². The van der Waals surface area contributed by atoms with Crippen LogP contribution in [0.15, 0.2) is 28.7 Å². The standard InChI is InChI=1S/C13H18BrSi/c1-2-15-9-7-12(8-10-15)11-3-5-13(14)6-4-11/h3-6,12H,2,7-10H2,1H3. The highest BCUT2D eigenvalue weighted by molar-refractivity contribution is 9.10. The van der Waals surface area contributed by atoms with Crippen LogP contribution in [-0.2, 0) is 0 Å². The zero-order chi connectivity index (χ0) is 10.7. The van der Waals surface area contributed by atoms with Gasteiger partial charge in [0.15, 0.2) is 0 Å². The average Bonchev–Trinajstić information content (AvgIpc) is 2.30. The molecule has 0 unspecified atom stereocenters. The number of hydrogen-bond acceptors (Lipinski definition) is 0. The van der Waals surface area contributed by atoms with Crippen LogP contribution in [0.25, 0.3) is 0 Å². The summed E-state index contributed by atoms with van der Waals surface area (Å²) >= 11 is 3.50. The van der Waals surface area contributed by atoms with E-state index in [-0.39, 0.29) is 8.80 Å². The van der Waals surface area contributed by atoms with Crippen LogP contribution < -0.4 is 0 Å². The third kappa shape index (κ3) is 2.94. The molecule has 1 aliphatic rings. The van der Waals surface area contributed by atoms with Gasteiger partial charge in [0.05, 0.1) is 0 Å². The van der Waals surface area contributed by atoms with Crippen LogP contribution in [0.2, 0.25) is 18.1 Å². The van der Waals surface area contributed by atoms with Crippen LogP contribution in [0, 0.1) is 0 Å². The SMILES string of the molecule is CC[Si]1CCC(c2ccc(Br)cc2)CC1. The first-order chi connectivity index (χ1) is 7.29. The van der Waals surface area contributed by atoms with E-state index in [4.69, 9.17) is 0 Å². The van der Waals surface area contributed by atoms with Gasteiger partial charge in [0, 0.05) is 13.3 Å². The van der Waals surface area contributed by atoms with Crippen molar-refractivity contribution < 1.29 is 0 Å². The number of hydrogen-bond donors (Lipinski definition) is 0. The lowest BCUT2D eigenvalue weighted by molar-refractivity contribution is 0.607. The van der Waals surface area contributed by atoms with Gasteiger partial charge < -0.3 is 0 Å². The second-order valence-electron chi connectivity index (χ2n) is 4.43.